The van der Waals surface area contributed by atoms with E-state index in [0.29, 0.717) is 18.4 Å². The van der Waals surface area contributed by atoms with Gasteiger partial charge in [0.25, 0.3) is 5.56 Å². The number of hydrogen-bond acceptors (Lipinski definition) is 6. The minimum atomic E-state index is -0.503. The standard InChI is InChI=1S/C33H33N3O3S2/c1-5-35-31(37)30(32(38)36(6-2)33(35)39)29-23(16-15-22(4)40-26-13-9-7-11-21(26)3)17-18-24(29)19-20-28-34-25-12-8-10-14-27(25)41-28/h7-16,19-20,34,37H,4-6,17-18H2,1-3H3/b16-15+,24-19+,28-20-. The number of anilines is 1. The molecule has 0 spiro atoms. The fourth-order valence-electron chi connectivity index (χ4n) is 5.08. The first-order chi connectivity index (χ1) is 19.8. The zero-order valence-corrected chi connectivity index (χ0v) is 25.1. The average molecular weight is 584 g/mol. The van der Waals surface area contributed by atoms with Crippen LogP contribution in [0.2, 0.25) is 0 Å². The summed E-state index contributed by atoms with van der Waals surface area (Å²) in [7, 11) is 0. The molecular weight excluding hydrogens is 551 g/mol. The summed E-state index contributed by atoms with van der Waals surface area (Å²) in [5.41, 5.74) is 3.97. The van der Waals surface area contributed by atoms with Crippen LogP contribution in [0.4, 0.5) is 5.69 Å². The first-order valence-corrected chi connectivity index (χ1v) is 15.3. The summed E-state index contributed by atoms with van der Waals surface area (Å²) in [4.78, 5) is 29.7. The summed E-state index contributed by atoms with van der Waals surface area (Å²) in [6.45, 7) is 10.3. The van der Waals surface area contributed by atoms with Crippen LogP contribution in [-0.4, -0.2) is 14.2 Å². The van der Waals surface area contributed by atoms with Gasteiger partial charge in [-0.05, 0) is 86.2 Å². The van der Waals surface area contributed by atoms with E-state index in [2.05, 4.69) is 37.0 Å². The van der Waals surface area contributed by atoms with Crippen LogP contribution in [0.3, 0.4) is 0 Å². The van der Waals surface area contributed by atoms with E-state index in [4.69, 9.17) is 0 Å². The van der Waals surface area contributed by atoms with Crippen LogP contribution in [0.5, 0.6) is 5.88 Å². The van der Waals surface area contributed by atoms with Gasteiger partial charge in [0.05, 0.1) is 10.7 Å². The molecule has 2 aromatic carbocycles. The third kappa shape index (κ3) is 5.80. The van der Waals surface area contributed by atoms with E-state index in [9.17, 15) is 14.7 Å². The topological polar surface area (TPSA) is 76.3 Å². The summed E-state index contributed by atoms with van der Waals surface area (Å²) in [6.07, 6.45) is 9.38. The number of allylic oxidation sites excluding steroid dienone is 7. The van der Waals surface area contributed by atoms with E-state index >= 15 is 0 Å². The number of aromatic nitrogens is 2. The van der Waals surface area contributed by atoms with Crippen molar-refractivity contribution in [1.29, 1.82) is 0 Å². The second-order valence-electron chi connectivity index (χ2n) is 9.79. The fourth-order valence-corrected chi connectivity index (χ4v) is 6.78. The number of para-hydroxylation sites is 1. The summed E-state index contributed by atoms with van der Waals surface area (Å²) in [5.74, 6) is -0.289. The highest BCUT2D eigenvalue weighted by molar-refractivity contribution is 8.03. The van der Waals surface area contributed by atoms with Gasteiger partial charge in [0, 0.05) is 27.8 Å². The Balaban J connectivity index is 1.59. The highest BCUT2D eigenvalue weighted by Crippen LogP contribution is 2.43. The van der Waals surface area contributed by atoms with Crippen molar-refractivity contribution in [2.45, 2.75) is 56.5 Å². The largest absolute Gasteiger partial charge is 0.494 e. The van der Waals surface area contributed by atoms with Crippen LogP contribution >= 0.6 is 23.5 Å². The molecule has 1 aromatic heterocycles. The molecule has 0 radical (unpaired) electrons. The molecule has 1 aliphatic carbocycles. The Morgan fingerprint density at radius 3 is 2.51 bits per heavy atom. The maximum absolute atomic E-state index is 13.7. The zero-order valence-electron chi connectivity index (χ0n) is 23.4. The molecule has 3 aromatic rings. The van der Waals surface area contributed by atoms with Gasteiger partial charge in [0.2, 0.25) is 5.88 Å². The molecule has 0 unspecified atom stereocenters. The van der Waals surface area contributed by atoms with Gasteiger partial charge in [-0.1, -0.05) is 72.6 Å². The number of nitrogens with one attached hydrogen (secondary N) is 1. The molecule has 0 amide bonds. The van der Waals surface area contributed by atoms with E-state index in [1.807, 2.05) is 54.6 Å². The molecular formula is C33H33N3O3S2. The number of hydrogen-bond donors (Lipinski definition) is 2. The first-order valence-electron chi connectivity index (χ1n) is 13.7. The van der Waals surface area contributed by atoms with Crippen LogP contribution in [0.15, 0.2) is 120 Å². The molecule has 0 bridgehead atoms. The number of nitrogens with zero attached hydrogens (tertiary/aromatic N) is 2. The lowest BCUT2D eigenvalue weighted by atomic mass is 9.99. The van der Waals surface area contributed by atoms with Crippen LogP contribution in [0.1, 0.15) is 37.8 Å². The van der Waals surface area contributed by atoms with Crippen LogP contribution in [0, 0.1) is 6.92 Å². The van der Waals surface area contributed by atoms with Crippen LogP contribution < -0.4 is 16.6 Å². The Hall–Kier alpha value is -3.88. The van der Waals surface area contributed by atoms with Gasteiger partial charge in [0.15, 0.2) is 0 Å². The Morgan fingerprint density at radius 1 is 1.05 bits per heavy atom. The van der Waals surface area contributed by atoms with Crippen molar-refractivity contribution < 1.29 is 5.11 Å². The molecule has 2 N–H and O–H groups in total. The minimum Gasteiger partial charge on any atom is -0.494 e. The quantitative estimate of drug-likeness (QED) is 0.212. The van der Waals surface area contributed by atoms with Crippen LogP contribution in [0.25, 0.3) is 5.57 Å². The Bertz CT molecular complexity index is 1750. The van der Waals surface area contributed by atoms with Crippen molar-refractivity contribution in [3.63, 3.8) is 0 Å². The van der Waals surface area contributed by atoms with Crippen molar-refractivity contribution in [3.05, 3.63) is 132 Å². The first kappa shape index (κ1) is 28.6. The lowest BCUT2D eigenvalue weighted by Gasteiger charge is -2.16. The smallest absolute Gasteiger partial charge is 0.333 e. The Kier molecular flexibility index (Phi) is 8.61. The maximum Gasteiger partial charge on any atom is 0.333 e. The van der Waals surface area contributed by atoms with E-state index < -0.39 is 11.2 Å². The van der Waals surface area contributed by atoms with E-state index in [-0.39, 0.29) is 24.5 Å². The monoisotopic (exact) mass is 583 g/mol. The number of thioether (sulfide) groups is 2. The van der Waals surface area contributed by atoms with Gasteiger partial charge in [-0.25, -0.2) is 4.79 Å². The van der Waals surface area contributed by atoms with Crippen molar-refractivity contribution in [3.8, 4) is 5.88 Å². The van der Waals surface area contributed by atoms with Gasteiger partial charge in [-0.15, -0.1) is 0 Å². The normalized spacial score (nSPS) is 16.7. The summed E-state index contributed by atoms with van der Waals surface area (Å²) in [6, 6.07) is 16.3. The minimum absolute atomic E-state index is 0.169. The van der Waals surface area contributed by atoms with Crippen molar-refractivity contribution in [2.75, 3.05) is 5.32 Å². The Morgan fingerprint density at radius 2 is 1.78 bits per heavy atom. The summed E-state index contributed by atoms with van der Waals surface area (Å²) < 4.78 is 2.46. The molecule has 2 aliphatic rings. The second-order valence-corrected chi connectivity index (χ2v) is 12.0. The lowest BCUT2D eigenvalue weighted by molar-refractivity contribution is 0.393. The van der Waals surface area contributed by atoms with Gasteiger partial charge < -0.3 is 10.4 Å². The van der Waals surface area contributed by atoms with Gasteiger partial charge in [-0.2, -0.15) is 0 Å². The SMILES string of the molecule is C=C(/C=C/C1=C(c2c(O)n(CC)c(=O)n(CC)c2=O)C(=C/C=C2/Nc3ccccc3S2)/CC1)Sc1ccccc1C. The Labute approximate surface area is 248 Å². The summed E-state index contributed by atoms with van der Waals surface area (Å²) in [5, 5.41) is 15.7. The average Bonchev–Trinajstić information content (AvgIpc) is 3.56. The van der Waals surface area contributed by atoms with E-state index in [1.165, 1.54) is 14.7 Å². The predicted octanol–water partition coefficient (Wildman–Crippen LogP) is 7.46. The van der Waals surface area contributed by atoms with Gasteiger partial charge in [0.1, 0.15) is 5.56 Å². The molecule has 2 heterocycles. The molecule has 8 heteroatoms. The number of aryl methyl sites for hydroxylation is 1. The molecule has 0 atom stereocenters. The fraction of sp³-hybridized carbons (Fsp3) is 0.212. The third-order valence-corrected chi connectivity index (χ3v) is 9.30. The van der Waals surface area contributed by atoms with E-state index in [0.717, 1.165) is 36.6 Å². The molecule has 1 aliphatic heterocycles. The van der Waals surface area contributed by atoms with Crippen molar-refractivity contribution in [2.24, 2.45) is 0 Å². The number of fused-ring (bicyclic) bond motifs is 1. The van der Waals surface area contributed by atoms with Crippen molar-refractivity contribution >= 4 is 34.8 Å². The van der Waals surface area contributed by atoms with Crippen LogP contribution in [-0.2, 0) is 13.1 Å². The lowest BCUT2D eigenvalue weighted by Crippen LogP contribution is -2.40. The number of rotatable bonds is 8. The summed E-state index contributed by atoms with van der Waals surface area (Å²) >= 11 is 3.25. The predicted molar refractivity (Wildman–Crippen MR) is 172 cm³/mol. The highest BCUT2D eigenvalue weighted by Gasteiger charge is 2.28. The third-order valence-electron chi connectivity index (χ3n) is 7.19. The van der Waals surface area contributed by atoms with E-state index in [1.54, 1.807) is 37.4 Å². The van der Waals surface area contributed by atoms with Gasteiger partial charge in [-0.3, -0.25) is 13.9 Å². The molecule has 210 valence electrons. The molecule has 0 saturated carbocycles. The second kappa shape index (κ2) is 12.3. The van der Waals surface area contributed by atoms with Gasteiger partial charge >= 0.3 is 5.69 Å². The van der Waals surface area contributed by atoms with Crippen molar-refractivity contribution in [1.82, 2.24) is 9.13 Å². The number of aromatic hydroxyl groups is 1. The highest BCUT2D eigenvalue weighted by atomic mass is 32.2. The maximum atomic E-state index is 13.7. The zero-order chi connectivity index (χ0) is 29.1. The molecule has 6 nitrogen and oxygen atoms in total. The molecule has 41 heavy (non-hydrogen) atoms. The molecule has 0 fully saturated rings. The number of benzene rings is 2. The molecule has 5 rings (SSSR count). The molecule has 0 saturated heterocycles.